The molecule has 38 aliphatic rings. The van der Waals surface area contributed by atoms with Gasteiger partial charge in [0.05, 0.1) is 0 Å². The molecule has 12 nitrogen and oxygen atoms in total. The van der Waals surface area contributed by atoms with Gasteiger partial charge in [-0.25, -0.2) is 0 Å². The first-order valence-electron chi connectivity index (χ1n) is 47.3. The van der Waals surface area contributed by atoms with Gasteiger partial charge >= 0.3 is 0 Å². The normalized spacial score (nSPS) is 73.5. The lowest BCUT2D eigenvalue weighted by atomic mass is 9.19. The van der Waals surface area contributed by atoms with Gasteiger partial charge < -0.3 is 63.8 Å². The Labute approximate surface area is 622 Å². The molecule has 38 fully saturated rings. The van der Waals surface area contributed by atoms with Crippen molar-refractivity contribution in [3.8, 4) is 0 Å². The van der Waals surface area contributed by atoms with Gasteiger partial charge in [-0.05, 0) is 305 Å². The molecule has 35 unspecified atom stereocenters. The summed E-state index contributed by atoms with van der Waals surface area (Å²) in [7, 11) is 0. The molecule has 0 aromatic rings. The fourth-order valence-electron chi connectivity index (χ4n) is 47.1. The van der Waals surface area contributed by atoms with Crippen molar-refractivity contribution in [2.75, 3.05) is 0 Å². The standard InChI is InChI=1S/C92H132N12/c1-2-10-49-31-58-88(49)41-81(42-88)40-78-33-75(34-78)19-4-3-14-53(75)97-63-59-64(101-66(78)81)83-22-5-11-50(95-58)60(83)100-68-84-29-17-56(84)96-57-18-30-85(57)44-90-48-92-46-87-24-6-12-51(93-54-15-27-76(54)35-79(36-76)39-80(67(79)103-71(87)92)37-77(38-80)32-74(20-8-21-74)65(77)102-69(85)90)61(87)99-62-52(94-55-16-28-82(55,63)25-9-26-83)13-7-23-86(62)45-91(70(86)98-59)47-89(68,43-84)72(91)104-73(90)92/h2,49-73,93-104H,1,3-48H2. The number of nitrogens with one attached hydrogen (secondary N) is 12. The van der Waals surface area contributed by atoms with Crippen LogP contribution in [0.25, 0.3) is 0 Å². The molecule has 560 valence electrons. The van der Waals surface area contributed by atoms with Crippen molar-refractivity contribution in [2.45, 2.75) is 440 Å². The Bertz CT molecular complexity index is 3990. The van der Waals surface area contributed by atoms with Gasteiger partial charge in [0.1, 0.15) is 0 Å². The molecule has 0 radical (unpaired) electrons. The summed E-state index contributed by atoms with van der Waals surface area (Å²) in [6, 6.07) is 13.9. The van der Waals surface area contributed by atoms with E-state index in [2.05, 4.69) is 12.7 Å². The summed E-state index contributed by atoms with van der Waals surface area (Å²) >= 11 is 0. The number of hydrogen-bond donors (Lipinski definition) is 12. The Kier molecular flexibility index (Phi) is 9.88. The molecular weight excluding hydrogens is 1270 g/mol. The largest absolute Gasteiger partial charge is 0.310 e. The Hall–Kier alpha value is -0.740. The Morgan fingerprint density at radius 3 is 1.24 bits per heavy atom. The van der Waals surface area contributed by atoms with Gasteiger partial charge in [0, 0.05) is 199 Å². The average molecular weight is 1410 g/mol. The van der Waals surface area contributed by atoms with Gasteiger partial charge in [0.25, 0.3) is 0 Å². The van der Waals surface area contributed by atoms with Crippen LogP contribution in [0.4, 0.5) is 0 Å². The Morgan fingerprint density at radius 2 is 0.644 bits per heavy atom. The second-order valence-corrected chi connectivity index (χ2v) is 50.7. The second kappa shape index (κ2) is 17.2. The summed E-state index contributed by atoms with van der Waals surface area (Å²) in [4.78, 5) is 0. The first kappa shape index (κ1) is 59.9. The topological polar surface area (TPSA) is 144 Å². The number of rotatable bonds is 2. The van der Waals surface area contributed by atoms with Gasteiger partial charge in [-0.2, -0.15) is 0 Å². The lowest BCUT2D eigenvalue weighted by Gasteiger charge is -2.92. The van der Waals surface area contributed by atoms with Crippen molar-refractivity contribution >= 4 is 0 Å². The zero-order valence-electron chi connectivity index (χ0n) is 63.7. The van der Waals surface area contributed by atoms with E-state index in [1.165, 1.54) is 257 Å². The van der Waals surface area contributed by atoms with Crippen LogP contribution in [0.15, 0.2) is 12.7 Å². The molecule has 0 amide bonds. The molecule has 35 atom stereocenters. The fourth-order valence-corrected chi connectivity index (χ4v) is 47.1. The number of allylic oxidation sites excluding steroid dienone is 1. The maximum Gasteiger partial charge on any atom is 0.0390 e. The zero-order chi connectivity index (χ0) is 66.7. The minimum Gasteiger partial charge on any atom is -0.310 e. The van der Waals surface area contributed by atoms with Crippen LogP contribution in [-0.4, -0.2) is 145 Å². The van der Waals surface area contributed by atoms with E-state index in [1.54, 1.807) is 38.5 Å². The molecule has 12 N–H and O–H groups in total. The van der Waals surface area contributed by atoms with Crippen LogP contribution in [0, 0.1) is 109 Å². The van der Waals surface area contributed by atoms with Crippen LogP contribution in [0.2, 0.25) is 0 Å². The maximum atomic E-state index is 5.77. The van der Waals surface area contributed by atoms with Gasteiger partial charge in [-0.3, -0.25) is 0 Å². The molecule has 38 rings (SSSR count). The van der Waals surface area contributed by atoms with Crippen molar-refractivity contribution in [2.24, 2.45) is 109 Å². The molecular formula is C92H132N12. The Morgan fingerprint density at radius 1 is 0.231 bits per heavy atom. The van der Waals surface area contributed by atoms with Gasteiger partial charge in [0.15, 0.2) is 0 Å². The molecule has 14 aliphatic heterocycles. The summed E-state index contributed by atoms with van der Waals surface area (Å²) in [6.07, 6.45) is 69.9. The van der Waals surface area contributed by atoms with Crippen LogP contribution in [-0.2, 0) is 0 Å². The maximum absolute atomic E-state index is 5.77. The van der Waals surface area contributed by atoms with Crippen molar-refractivity contribution in [1.82, 2.24) is 63.8 Å². The second-order valence-electron chi connectivity index (χ2n) is 50.7. The molecule has 24 saturated carbocycles. The third-order valence-corrected chi connectivity index (χ3v) is 48.9. The fraction of sp³-hybridized carbons (Fsp3) is 0.978. The van der Waals surface area contributed by atoms with Gasteiger partial charge in [-0.15, -0.1) is 6.58 Å². The van der Waals surface area contributed by atoms with E-state index in [4.69, 9.17) is 63.8 Å². The van der Waals surface area contributed by atoms with Crippen molar-refractivity contribution < 1.29 is 0 Å². The van der Waals surface area contributed by atoms with E-state index in [0.717, 1.165) is 24.0 Å². The first-order chi connectivity index (χ1) is 50.6. The van der Waals surface area contributed by atoms with Gasteiger partial charge in [-0.1, -0.05) is 51.0 Å². The van der Waals surface area contributed by atoms with E-state index in [1.807, 2.05) is 0 Å². The highest BCUT2D eigenvalue weighted by Crippen LogP contribution is 2.92. The van der Waals surface area contributed by atoms with E-state index >= 15 is 0 Å². The predicted molar refractivity (Wildman–Crippen MR) is 401 cm³/mol. The van der Waals surface area contributed by atoms with Crippen LogP contribution in [0.3, 0.4) is 0 Å². The van der Waals surface area contributed by atoms with E-state index < -0.39 is 0 Å². The highest BCUT2D eigenvalue weighted by Gasteiger charge is 2.94. The van der Waals surface area contributed by atoms with E-state index in [0.29, 0.717) is 192 Å². The Balaban J connectivity index is 0.661. The summed E-state index contributed by atoms with van der Waals surface area (Å²) in [5.41, 5.74) is 7.14. The zero-order valence-corrected chi connectivity index (χ0v) is 63.7. The molecule has 14 saturated heterocycles. The smallest absolute Gasteiger partial charge is 0.0390 e. The minimum absolute atomic E-state index is 0.146. The quantitative estimate of drug-likeness (QED) is 0.120. The summed E-state index contributed by atoms with van der Waals surface area (Å²) in [6.45, 7) is 4.57. The third kappa shape index (κ3) is 5.63. The van der Waals surface area contributed by atoms with Crippen LogP contribution in [0.1, 0.15) is 295 Å². The highest BCUT2D eigenvalue weighted by molar-refractivity contribution is 5.49. The van der Waals surface area contributed by atoms with Crippen LogP contribution < -0.4 is 63.8 Å². The lowest BCUT2D eigenvalue weighted by Crippen LogP contribution is -3.00. The van der Waals surface area contributed by atoms with E-state index in [-0.39, 0.29) is 37.9 Å². The molecule has 104 heavy (non-hydrogen) atoms. The summed E-state index contributed by atoms with van der Waals surface area (Å²) < 4.78 is 0. The van der Waals surface area contributed by atoms with Crippen LogP contribution >= 0.6 is 0 Å². The molecule has 0 aromatic heterocycles. The monoisotopic (exact) mass is 1410 g/mol. The first-order valence-corrected chi connectivity index (χ1v) is 47.3. The summed E-state index contributed by atoms with van der Waals surface area (Å²) in [5.74, 6) is 0.807. The summed E-state index contributed by atoms with van der Waals surface area (Å²) in [5, 5.41) is 64.8. The molecule has 24 aliphatic carbocycles. The average Bonchev–Trinajstić information content (AvgIpc) is 0.749. The van der Waals surface area contributed by atoms with Crippen LogP contribution in [0.5, 0.6) is 0 Å². The minimum atomic E-state index is 0.146. The molecule has 0 aromatic carbocycles. The van der Waals surface area contributed by atoms with Gasteiger partial charge in [0.2, 0.25) is 0 Å². The number of hydrogen-bond acceptors (Lipinski definition) is 12. The van der Waals surface area contributed by atoms with E-state index in [9.17, 15) is 0 Å². The SMILES string of the molecule is C=CCC1CC2NC3CCCC45CCCC67CCC6NC6CCCC89CC%10(CC%11%12CC%13(CCC%13NC%13CCC%13%14CC%13%15CC%16(CC%17%18CCCC(NC%19CCC%19%20CC%19(C%20)CC%20(CC%21(CC%22(CCC%22)C%21NC%14%13)C%20)C%19NC%17%16)C%18NC68)C%15NC%11%10)C%12NC34)C9NC3C7NC4CCCCC46CC4(C6)CC6(CC12C6)C4NC35. The molecule has 31 bridgehead atoms. The molecule has 12 heteroatoms. The molecule has 14 heterocycles. The van der Waals surface area contributed by atoms with Crippen molar-refractivity contribution in [3.63, 3.8) is 0 Å². The van der Waals surface area contributed by atoms with Crippen molar-refractivity contribution in [1.29, 1.82) is 0 Å². The lowest BCUT2D eigenvalue weighted by molar-refractivity contribution is -0.381. The van der Waals surface area contributed by atoms with Crippen molar-refractivity contribution in [3.05, 3.63) is 12.7 Å². The molecule has 19 spiro atoms. The highest BCUT2D eigenvalue weighted by atomic mass is 15.3. The predicted octanol–water partition coefficient (Wildman–Crippen LogP) is 10.8. The third-order valence-electron chi connectivity index (χ3n) is 48.9.